The van der Waals surface area contributed by atoms with E-state index in [-0.39, 0.29) is 41.7 Å². The fraction of sp³-hybridized carbons (Fsp3) is 0.476. The molecule has 2 aliphatic heterocycles. The largest absolute Gasteiger partial charge is 0.453 e. The van der Waals surface area contributed by atoms with Crippen LogP contribution in [-0.2, 0) is 23.8 Å². The summed E-state index contributed by atoms with van der Waals surface area (Å²) in [6.45, 7) is 5.28. The number of carbonyl (C=O) groups is 4. The summed E-state index contributed by atoms with van der Waals surface area (Å²) < 4.78 is 15.1. The van der Waals surface area contributed by atoms with Gasteiger partial charge in [-0.3, -0.25) is 9.59 Å². The van der Waals surface area contributed by atoms with Gasteiger partial charge in [-0.1, -0.05) is 61.4 Å². The average molecular weight is 781 g/mol. The van der Waals surface area contributed by atoms with Gasteiger partial charge in [0.2, 0.25) is 11.8 Å². The number of benzene rings is 2. The standard InChI is InChI=1S/C42H52N8O7/c1-25(2)50(48-42(54)56-4)39(51)32-9-6-5-8-31(32)37-43-22-33(45-37)28-15-11-26(12-16-28)27-13-17-29(18-14-27)34-23-44-38(46-34)35-10-7-20-49(35)40(52)36(47-41(53)55-3)30-19-21-57-24-30/h11-18,22-23,25,30-32,35-36H,5-10,19-21,24H2,1-4H3,(H,43,45)(H,44,46)(H,47,53)(H,48,54)/t30?,31?,32?,35-,36?/m0/s1. The molecule has 3 aliphatic rings. The number of alkyl carbamates (subject to hydrolysis) is 1. The van der Waals surface area contributed by atoms with Gasteiger partial charge in [-0.15, -0.1) is 0 Å². The highest BCUT2D eigenvalue weighted by Gasteiger charge is 2.41. The zero-order chi connectivity index (χ0) is 40.1. The van der Waals surface area contributed by atoms with Gasteiger partial charge in [0.1, 0.15) is 17.7 Å². The van der Waals surface area contributed by atoms with E-state index >= 15 is 0 Å². The van der Waals surface area contributed by atoms with Crippen LogP contribution in [0.1, 0.15) is 82.4 Å². The van der Waals surface area contributed by atoms with Gasteiger partial charge in [0, 0.05) is 36.9 Å². The molecule has 4 unspecified atom stereocenters. The molecule has 2 aromatic carbocycles. The summed E-state index contributed by atoms with van der Waals surface area (Å²) in [5, 5.41) is 4.13. The lowest BCUT2D eigenvalue weighted by molar-refractivity contribution is -0.142. The first-order chi connectivity index (χ1) is 27.6. The normalized spacial score (nSPS) is 21.2. The van der Waals surface area contributed by atoms with E-state index in [1.807, 2.05) is 24.9 Å². The van der Waals surface area contributed by atoms with Crippen LogP contribution in [0.4, 0.5) is 9.59 Å². The Balaban J connectivity index is 1.01. The number of hydrogen-bond donors (Lipinski definition) is 4. The van der Waals surface area contributed by atoms with Crippen molar-refractivity contribution in [3.63, 3.8) is 0 Å². The number of rotatable bonds is 10. The Morgan fingerprint density at radius 2 is 1.39 bits per heavy atom. The highest BCUT2D eigenvalue weighted by Crippen LogP contribution is 2.39. The maximum atomic E-state index is 13.8. The number of aromatic nitrogens is 4. The van der Waals surface area contributed by atoms with E-state index in [4.69, 9.17) is 24.2 Å². The fourth-order valence-electron chi connectivity index (χ4n) is 8.40. The summed E-state index contributed by atoms with van der Waals surface area (Å²) in [6.07, 6.45) is 8.11. The molecule has 0 radical (unpaired) electrons. The number of hydrazine groups is 1. The number of ether oxygens (including phenoxy) is 3. The van der Waals surface area contributed by atoms with Crippen molar-refractivity contribution in [2.75, 3.05) is 34.0 Å². The molecular weight excluding hydrogens is 729 g/mol. The molecular formula is C42H52N8O7. The molecule has 4 aromatic rings. The quantitative estimate of drug-likeness (QED) is 0.133. The van der Waals surface area contributed by atoms with Crippen LogP contribution in [-0.4, -0.2) is 99.9 Å². The summed E-state index contributed by atoms with van der Waals surface area (Å²) in [7, 11) is 2.57. The minimum Gasteiger partial charge on any atom is -0.453 e. The van der Waals surface area contributed by atoms with Crippen molar-refractivity contribution in [2.45, 2.75) is 82.8 Å². The van der Waals surface area contributed by atoms with Gasteiger partial charge in [0.25, 0.3) is 0 Å². The van der Waals surface area contributed by atoms with E-state index in [2.05, 4.69) is 69.2 Å². The molecule has 0 bridgehead atoms. The van der Waals surface area contributed by atoms with Gasteiger partial charge >= 0.3 is 12.2 Å². The van der Waals surface area contributed by atoms with E-state index < -0.39 is 18.2 Å². The van der Waals surface area contributed by atoms with Gasteiger partial charge in [-0.25, -0.2) is 30.0 Å². The minimum atomic E-state index is -0.722. The van der Waals surface area contributed by atoms with Crippen LogP contribution in [0.25, 0.3) is 33.6 Å². The van der Waals surface area contributed by atoms with Crippen LogP contribution in [0, 0.1) is 11.8 Å². The third-order valence-electron chi connectivity index (χ3n) is 11.5. The number of methoxy groups -OCH3 is 2. The Hall–Kier alpha value is -5.70. The predicted molar refractivity (Wildman–Crippen MR) is 211 cm³/mol. The summed E-state index contributed by atoms with van der Waals surface area (Å²) in [4.78, 5) is 69.9. The van der Waals surface area contributed by atoms with E-state index in [1.165, 1.54) is 19.2 Å². The molecule has 1 aliphatic carbocycles. The number of carbonyl (C=O) groups excluding carboxylic acids is 4. The number of hydrogen-bond acceptors (Lipinski definition) is 9. The lowest BCUT2D eigenvalue weighted by Crippen LogP contribution is -2.53. The Bertz CT molecular complexity index is 2020. The Morgan fingerprint density at radius 3 is 1.98 bits per heavy atom. The van der Waals surface area contributed by atoms with E-state index in [1.54, 1.807) is 6.20 Å². The monoisotopic (exact) mass is 780 g/mol. The number of nitrogens with zero attached hydrogens (tertiary/aromatic N) is 4. The maximum absolute atomic E-state index is 13.8. The second-order valence-electron chi connectivity index (χ2n) is 15.3. The van der Waals surface area contributed by atoms with Crippen molar-refractivity contribution < 1.29 is 33.4 Å². The lowest BCUT2D eigenvalue weighted by atomic mass is 9.78. The number of imidazole rings is 2. The first kappa shape index (κ1) is 39.5. The Morgan fingerprint density at radius 1 is 0.789 bits per heavy atom. The van der Waals surface area contributed by atoms with Crippen LogP contribution in [0.15, 0.2) is 60.9 Å². The van der Waals surface area contributed by atoms with Crippen molar-refractivity contribution >= 4 is 24.0 Å². The van der Waals surface area contributed by atoms with Crippen LogP contribution in [0.5, 0.6) is 0 Å². The molecule has 4 heterocycles. The second kappa shape index (κ2) is 17.6. The SMILES string of the molecule is COC(=O)NC(C(=O)N1CCC[C@H]1c1ncc(-c2ccc(-c3ccc(-c4cnc(C5CCCCC5C(=O)N(NC(=O)OC)C(C)C)[nH]4)cc3)cc2)[nH]1)C1CCOC1. The lowest BCUT2D eigenvalue weighted by Gasteiger charge is -2.35. The topological polar surface area (TPSA) is 184 Å². The van der Waals surface area contributed by atoms with Gasteiger partial charge < -0.3 is 34.4 Å². The number of amides is 4. The summed E-state index contributed by atoms with van der Waals surface area (Å²) in [5.41, 5.74) is 8.39. The zero-order valence-corrected chi connectivity index (χ0v) is 33.0. The predicted octanol–water partition coefficient (Wildman–Crippen LogP) is 6.34. The molecule has 57 heavy (non-hydrogen) atoms. The van der Waals surface area contributed by atoms with Gasteiger partial charge in [-0.2, -0.15) is 0 Å². The number of aromatic amines is 2. The average Bonchev–Trinajstić information content (AvgIpc) is 4.09. The molecule has 7 rings (SSSR count). The van der Waals surface area contributed by atoms with Crippen LogP contribution in [0.3, 0.4) is 0 Å². The molecule has 2 saturated heterocycles. The smallest absolute Gasteiger partial charge is 0.425 e. The van der Waals surface area contributed by atoms with Crippen LogP contribution < -0.4 is 10.7 Å². The number of likely N-dealkylation sites (tertiary alicyclic amines) is 1. The van der Waals surface area contributed by atoms with E-state index in [9.17, 15) is 19.2 Å². The molecule has 15 heteroatoms. The Kier molecular flexibility index (Phi) is 12.2. The fourth-order valence-corrected chi connectivity index (χ4v) is 8.40. The minimum absolute atomic E-state index is 0.0937. The van der Waals surface area contributed by atoms with Crippen molar-refractivity contribution in [1.29, 1.82) is 0 Å². The van der Waals surface area contributed by atoms with Crippen molar-refractivity contribution in [3.8, 4) is 33.6 Å². The summed E-state index contributed by atoms with van der Waals surface area (Å²) in [6, 6.07) is 15.4. The molecule has 4 amide bonds. The molecule has 5 atom stereocenters. The third kappa shape index (κ3) is 8.68. The number of H-pyrrole nitrogens is 2. The number of nitrogens with one attached hydrogen (secondary N) is 4. The van der Waals surface area contributed by atoms with Crippen molar-refractivity contribution in [2.24, 2.45) is 11.8 Å². The van der Waals surface area contributed by atoms with Gasteiger partial charge in [0.05, 0.1) is 50.6 Å². The highest BCUT2D eigenvalue weighted by atomic mass is 16.5. The van der Waals surface area contributed by atoms with Gasteiger partial charge in [-0.05, 0) is 68.2 Å². The molecule has 2 aromatic heterocycles. The Labute approximate surface area is 332 Å². The van der Waals surface area contributed by atoms with Crippen molar-refractivity contribution in [1.82, 2.24) is 40.6 Å². The second-order valence-corrected chi connectivity index (χ2v) is 15.3. The summed E-state index contributed by atoms with van der Waals surface area (Å²) in [5.74, 6) is 0.692. The van der Waals surface area contributed by atoms with Crippen LogP contribution >= 0.6 is 0 Å². The zero-order valence-electron chi connectivity index (χ0n) is 33.0. The van der Waals surface area contributed by atoms with E-state index in [0.717, 1.165) is 83.8 Å². The molecule has 0 spiro atoms. The molecule has 1 saturated carbocycles. The highest BCUT2D eigenvalue weighted by molar-refractivity contribution is 5.87. The molecule has 302 valence electrons. The van der Waals surface area contributed by atoms with Gasteiger partial charge in [0.15, 0.2) is 0 Å². The maximum Gasteiger partial charge on any atom is 0.425 e. The first-order valence-corrected chi connectivity index (χ1v) is 19.9. The molecule has 4 N–H and O–H groups in total. The third-order valence-corrected chi connectivity index (χ3v) is 11.5. The van der Waals surface area contributed by atoms with Crippen molar-refractivity contribution in [3.05, 3.63) is 72.6 Å². The molecule has 15 nitrogen and oxygen atoms in total. The molecule has 3 fully saturated rings. The summed E-state index contributed by atoms with van der Waals surface area (Å²) >= 11 is 0. The van der Waals surface area contributed by atoms with Crippen LogP contribution in [0.2, 0.25) is 0 Å². The first-order valence-electron chi connectivity index (χ1n) is 19.9. The van der Waals surface area contributed by atoms with E-state index in [0.29, 0.717) is 26.2 Å².